The summed E-state index contributed by atoms with van der Waals surface area (Å²) >= 11 is 0. The van der Waals surface area contributed by atoms with Crippen LogP contribution in [0.1, 0.15) is 69.4 Å². The van der Waals surface area contributed by atoms with Crippen molar-refractivity contribution in [2.45, 2.75) is 75.6 Å². The van der Waals surface area contributed by atoms with Crippen LogP contribution in [0, 0.1) is 28.5 Å². The van der Waals surface area contributed by atoms with Crippen LogP contribution in [-0.2, 0) is 36.0 Å². The summed E-state index contributed by atoms with van der Waals surface area (Å²) in [6.45, 7) is 4.00. The van der Waals surface area contributed by atoms with Gasteiger partial charge in [-0.25, -0.2) is 25.5 Å². The van der Waals surface area contributed by atoms with Crippen LogP contribution in [0.5, 0.6) is 0 Å². The fourth-order valence-corrected chi connectivity index (χ4v) is 11.0. The van der Waals surface area contributed by atoms with E-state index in [1.807, 2.05) is 0 Å². The van der Waals surface area contributed by atoms with E-state index in [-0.39, 0.29) is 35.1 Å². The standard InChI is InChI=1S/C27H36FN3O6S2/c1-25(2)22(8-18-5-4-17(7-21(18)28)19-13-31(14-19)38(3,33)34)39(35,36)30-23(37-25)12-26-9-16-6-20(26)11-27(10-16,15-26)24(29)32/h4-5,7,16,19-20,22H,6,8-15H2,1-3H3,(H2,29,32)/t16?,20?,22-,26?,27?/m1/s1. The molecular formula is C27H36FN3O6S2. The zero-order chi connectivity index (χ0) is 28.2. The predicted octanol–water partition coefficient (Wildman–Crippen LogP) is 2.70. The highest BCUT2D eigenvalue weighted by Gasteiger charge is 2.66. The van der Waals surface area contributed by atoms with Crippen molar-refractivity contribution in [2.24, 2.45) is 32.8 Å². The molecule has 1 aromatic carbocycles. The number of nitrogens with zero attached hydrogens (tertiary/aromatic N) is 2. The van der Waals surface area contributed by atoms with Crippen molar-refractivity contribution < 1.29 is 30.8 Å². The number of rotatable bonds is 7. The molecule has 5 fully saturated rings. The Labute approximate surface area is 229 Å². The number of carbonyl (C=O) groups is 1. The van der Waals surface area contributed by atoms with E-state index >= 15 is 4.39 Å². The highest BCUT2D eigenvalue weighted by Crippen LogP contribution is 2.71. The molecule has 1 saturated heterocycles. The molecule has 2 heterocycles. The fraction of sp³-hybridized carbons (Fsp3) is 0.704. The maximum atomic E-state index is 15.2. The van der Waals surface area contributed by atoms with Gasteiger partial charge in [0.25, 0.3) is 10.0 Å². The molecule has 7 rings (SSSR count). The molecule has 6 aliphatic rings. The SMILES string of the molecule is CC1(C)OC(CC23CC4CC2CC(C(N)=O)(C4)C3)=NS(=O)(=O)[C@@H]1Cc1ccc(C2CN(S(C)(=O)=O)C2)cc1F. The maximum absolute atomic E-state index is 15.2. The first-order chi connectivity index (χ1) is 18.0. The van der Waals surface area contributed by atoms with E-state index < -0.39 is 42.1 Å². The number of amides is 1. The Morgan fingerprint density at radius 1 is 1.23 bits per heavy atom. The topological polar surface area (TPSA) is 136 Å². The van der Waals surface area contributed by atoms with Crippen LogP contribution in [0.15, 0.2) is 22.6 Å². The van der Waals surface area contributed by atoms with Crippen molar-refractivity contribution in [2.75, 3.05) is 19.3 Å². The monoisotopic (exact) mass is 581 g/mol. The van der Waals surface area contributed by atoms with Gasteiger partial charge in [-0.2, -0.15) is 0 Å². The van der Waals surface area contributed by atoms with Crippen LogP contribution in [-0.4, -0.2) is 63.1 Å². The van der Waals surface area contributed by atoms with Gasteiger partial charge in [0, 0.05) is 25.4 Å². The third kappa shape index (κ3) is 4.41. The number of hydrogen-bond donors (Lipinski definition) is 1. The Hall–Kier alpha value is -2.05. The molecule has 1 amide bonds. The van der Waals surface area contributed by atoms with Crippen LogP contribution in [0.25, 0.3) is 0 Å². The first-order valence-electron chi connectivity index (χ1n) is 13.6. The third-order valence-corrected chi connectivity index (χ3v) is 13.4. The van der Waals surface area contributed by atoms with Gasteiger partial charge in [-0.1, -0.05) is 12.1 Å². The van der Waals surface area contributed by atoms with Gasteiger partial charge in [-0.15, -0.1) is 4.40 Å². The lowest BCUT2D eigenvalue weighted by atomic mass is 9.66. The van der Waals surface area contributed by atoms with Crippen LogP contribution >= 0.6 is 0 Å². The van der Waals surface area contributed by atoms with E-state index in [9.17, 15) is 21.6 Å². The van der Waals surface area contributed by atoms with Gasteiger partial charge in [-0.3, -0.25) is 4.79 Å². The summed E-state index contributed by atoms with van der Waals surface area (Å²) in [6.07, 6.45) is 5.61. The molecule has 1 aromatic rings. The number of carbonyl (C=O) groups excluding carboxylic acids is 1. The number of benzene rings is 1. The van der Waals surface area contributed by atoms with Gasteiger partial charge in [0.1, 0.15) is 16.7 Å². The Balaban J connectivity index is 1.20. The van der Waals surface area contributed by atoms with E-state index in [4.69, 9.17) is 10.5 Å². The molecule has 39 heavy (non-hydrogen) atoms. The molecule has 4 saturated carbocycles. The quantitative estimate of drug-likeness (QED) is 0.526. The van der Waals surface area contributed by atoms with E-state index in [2.05, 4.69) is 4.40 Å². The van der Waals surface area contributed by atoms with Gasteiger partial charge in [-0.05, 0) is 86.8 Å². The Kier molecular flexibility index (Phi) is 5.90. The molecule has 2 aliphatic heterocycles. The minimum atomic E-state index is -4.02. The van der Waals surface area contributed by atoms with E-state index in [1.54, 1.807) is 26.0 Å². The van der Waals surface area contributed by atoms with Crippen molar-refractivity contribution in [1.29, 1.82) is 0 Å². The molecule has 9 nitrogen and oxygen atoms in total. The van der Waals surface area contributed by atoms with Gasteiger partial charge in [0.15, 0.2) is 0 Å². The van der Waals surface area contributed by atoms with E-state index in [1.165, 1.54) is 10.4 Å². The Bertz CT molecular complexity index is 1490. The molecule has 4 unspecified atom stereocenters. The first-order valence-corrected chi connectivity index (χ1v) is 16.9. The lowest BCUT2D eigenvalue weighted by Crippen LogP contribution is -2.51. The minimum absolute atomic E-state index is 0.0947. The smallest absolute Gasteiger partial charge is 0.263 e. The normalized spacial score (nSPS) is 36.8. The molecule has 4 aliphatic carbocycles. The molecule has 4 bridgehead atoms. The number of primary amides is 1. The fourth-order valence-electron chi connectivity index (χ4n) is 8.42. The van der Waals surface area contributed by atoms with Crippen molar-refractivity contribution >= 4 is 31.9 Å². The number of nitrogens with two attached hydrogens (primary N) is 1. The Morgan fingerprint density at radius 3 is 2.56 bits per heavy atom. The van der Waals surface area contributed by atoms with Gasteiger partial charge in [0.2, 0.25) is 21.8 Å². The van der Waals surface area contributed by atoms with Crippen LogP contribution in [0.2, 0.25) is 0 Å². The molecule has 0 aromatic heterocycles. The lowest BCUT2D eigenvalue weighted by molar-refractivity contribution is -0.130. The average molecular weight is 582 g/mol. The number of halogens is 1. The summed E-state index contributed by atoms with van der Waals surface area (Å²) < 4.78 is 77.1. The van der Waals surface area contributed by atoms with E-state index in [0.29, 0.717) is 43.3 Å². The van der Waals surface area contributed by atoms with Crippen molar-refractivity contribution in [3.05, 3.63) is 35.1 Å². The summed E-state index contributed by atoms with van der Waals surface area (Å²) in [5, 5.41) is -1.08. The van der Waals surface area contributed by atoms with Crippen LogP contribution < -0.4 is 5.73 Å². The number of ether oxygens (including phenoxy) is 1. The number of hydrogen-bond acceptors (Lipinski definition) is 6. The van der Waals surface area contributed by atoms with Crippen molar-refractivity contribution in [3.63, 3.8) is 0 Å². The highest BCUT2D eigenvalue weighted by atomic mass is 32.2. The second-order valence-corrected chi connectivity index (χ2v) is 17.1. The molecule has 2 N–H and O–H groups in total. The zero-order valence-corrected chi connectivity index (χ0v) is 24.2. The third-order valence-electron chi connectivity index (χ3n) is 10.2. The van der Waals surface area contributed by atoms with Crippen LogP contribution in [0.3, 0.4) is 0 Å². The summed E-state index contributed by atoms with van der Waals surface area (Å²) in [5.41, 5.74) is 4.89. The van der Waals surface area contributed by atoms with Gasteiger partial charge >= 0.3 is 0 Å². The summed E-state index contributed by atoms with van der Waals surface area (Å²) in [6, 6.07) is 4.69. The molecule has 0 spiro atoms. The lowest BCUT2D eigenvalue weighted by Gasteiger charge is -2.41. The predicted molar refractivity (Wildman–Crippen MR) is 143 cm³/mol. The van der Waals surface area contributed by atoms with Crippen LogP contribution in [0.4, 0.5) is 4.39 Å². The van der Waals surface area contributed by atoms with Crippen molar-refractivity contribution in [1.82, 2.24) is 4.31 Å². The van der Waals surface area contributed by atoms with E-state index in [0.717, 1.165) is 31.9 Å². The Morgan fingerprint density at radius 2 is 1.95 bits per heavy atom. The zero-order valence-electron chi connectivity index (χ0n) is 22.5. The average Bonchev–Trinajstić information content (AvgIpc) is 3.10. The number of sulfonamides is 2. The van der Waals surface area contributed by atoms with Gasteiger partial charge < -0.3 is 10.5 Å². The molecule has 0 radical (unpaired) electrons. The highest BCUT2D eigenvalue weighted by molar-refractivity contribution is 7.91. The summed E-state index contributed by atoms with van der Waals surface area (Å²) in [5.74, 6) is 0.0402. The second-order valence-electron chi connectivity index (χ2n) is 13.3. The largest absolute Gasteiger partial charge is 0.473 e. The van der Waals surface area contributed by atoms with Crippen molar-refractivity contribution in [3.8, 4) is 0 Å². The second kappa shape index (κ2) is 8.48. The molecule has 214 valence electrons. The molecule has 5 atom stereocenters. The van der Waals surface area contributed by atoms with Gasteiger partial charge in [0.05, 0.1) is 11.7 Å². The summed E-state index contributed by atoms with van der Waals surface area (Å²) in [7, 11) is -7.28. The first kappa shape index (κ1) is 27.1. The molecule has 12 heteroatoms. The summed E-state index contributed by atoms with van der Waals surface area (Å²) in [4.78, 5) is 12.3. The molecular weight excluding hydrogens is 545 g/mol. The minimum Gasteiger partial charge on any atom is -0.473 e. The maximum Gasteiger partial charge on any atom is 0.263 e.